The van der Waals surface area contributed by atoms with Crippen LogP contribution in [-0.4, -0.2) is 31.7 Å². The van der Waals surface area contributed by atoms with E-state index in [1.807, 2.05) is 0 Å². The molecule has 10 heteroatoms. The van der Waals surface area contributed by atoms with E-state index < -0.39 is 15.9 Å². The van der Waals surface area contributed by atoms with Gasteiger partial charge >= 0.3 is 0 Å². The van der Waals surface area contributed by atoms with Crippen LogP contribution >= 0.6 is 46.4 Å². The molecule has 1 amide bonds. The van der Waals surface area contributed by atoms with Crippen LogP contribution in [0.1, 0.15) is 18.4 Å². The molecule has 1 aliphatic heterocycles. The molecule has 0 aliphatic carbocycles. The number of halogens is 4. The summed E-state index contributed by atoms with van der Waals surface area (Å²) in [6.45, 7) is 0.436. The van der Waals surface area contributed by atoms with Crippen LogP contribution in [0.2, 0.25) is 20.1 Å². The second kappa shape index (κ2) is 9.41. The maximum atomic E-state index is 12.9. The van der Waals surface area contributed by atoms with Gasteiger partial charge in [-0.15, -0.1) is 0 Å². The molecule has 2 aromatic carbocycles. The molecule has 5 nitrogen and oxygen atoms in total. The highest BCUT2D eigenvalue weighted by atomic mass is 35.5. The molecule has 0 radical (unpaired) electrons. The van der Waals surface area contributed by atoms with E-state index in [2.05, 4.69) is 5.32 Å². The zero-order valence-electron chi connectivity index (χ0n) is 15.2. The number of nitrogens with zero attached hydrogens (tertiary/aromatic N) is 1. The highest BCUT2D eigenvalue weighted by molar-refractivity contribution is 7.88. The fourth-order valence-corrected chi connectivity index (χ4v) is 5.87. The zero-order valence-corrected chi connectivity index (χ0v) is 19.0. The van der Waals surface area contributed by atoms with Crippen molar-refractivity contribution in [2.75, 3.05) is 18.4 Å². The van der Waals surface area contributed by atoms with Gasteiger partial charge in [-0.2, -0.15) is 0 Å². The number of hydrogen-bond acceptors (Lipinski definition) is 3. The minimum Gasteiger partial charge on any atom is -0.323 e. The SMILES string of the molecule is O=C(Nc1c(Cl)cccc1Cl)C1CCCN(S(=O)(=O)Cc2ccc(Cl)cc2Cl)C1. The second-order valence-corrected chi connectivity index (χ2v) is 10.4. The lowest BCUT2D eigenvalue weighted by molar-refractivity contribution is -0.120. The van der Waals surface area contributed by atoms with Gasteiger partial charge in [0.25, 0.3) is 0 Å². The van der Waals surface area contributed by atoms with Gasteiger partial charge in [0.2, 0.25) is 15.9 Å². The maximum absolute atomic E-state index is 12.9. The molecular formula is C19H18Cl4N2O3S. The number of amides is 1. The Morgan fingerprint density at radius 3 is 2.41 bits per heavy atom. The molecule has 1 N–H and O–H groups in total. The number of nitrogens with one attached hydrogen (secondary N) is 1. The molecule has 156 valence electrons. The summed E-state index contributed by atoms with van der Waals surface area (Å²) in [6.07, 6.45) is 1.14. The molecule has 1 fully saturated rings. The van der Waals surface area contributed by atoms with Crippen LogP contribution < -0.4 is 5.32 Å². The van der Waals surface area contributed by atoms with E-state index in [1.165, 1.54) is 10.4 Å². The first kappa shape index (κ1) is 22.7. The lowest BCUT2D eigenvalue weighted by Gasteiger charge is -2.31. The van der Waals surface area contributed by atoms with Crippen LogP contribution in [-0.2, 0) is 20.6 Å². The van der Waals surface area contributed by atoms with Gasteiger partial charge in [0.15, 0.2) is 0 Å². The normalized spacial score (nSPS) is 17.9. The molecule has 0 aromatic heterocycles. The molecule has 1 saturated heterocycles. The molecule has 1 aliphatic rings. The van der Waals surface area contributed by atoms with Gasteiger partial charge in [-0.3, -0.25) is 4.79 Å². The summed E-state index contributed by atoms with van der Waals surface area (Å²) in [5.41, 5.74) is 0.791. The van der Waals surface area contributed by atoms with Gasteiger partial charge in [0.1, 0.15) is 0 Å². The molecule has 0 bridgehead atoms. The summed E-state index contributed by atoms with van der Waals surface area (Å²) in [6, 6.07) is 9.62. The third-order valence-electron chi connectivity index (χ3n) is 4.71. The Labute approximate surface area is 189 Å². The van der Waals surface area contributed by atoms with Crippen LogP contribution in [0.4, 0.5) is 5.69 Å². The minimum absolute atomic E-state index is 0.0848. The summed E-state index contributed by atoms with van der Waals surface area (Å²) in [7, 11) is -3.65. The molecule has 1 heterocycles. The van der Waals surface area contributed by atoms with Crippen molar-refractivity contribution in [3.63, 3.8) is 0 Å². The monoisotopic (exact) mass is 494 g/mol. The van der Waals surface area contributed by atoms with E-state index in [9.17, 15) is 13.2 Å². The van der Waals surface area contributed by atoms with Gasteiger partial charge in [-0.1, -0.05) is 58.5 Å². The molecule has 1 atom stereocenters. The van der Waals surface area contributed by atoms with Crippen molar-refractivity contribution in [3.8, 4) is 0 Å². The summed E-state index contributed by atoms with van der Waals surface area (Å²) in [5, 5.41) is 4.10. The first-order valence-corrected chi connectivity index (χ1v) is 12.0. The number of benzene rings is 2. The summed E-state index contributed by atoms with van der Waals surface area (Å²) >= 11 is 24.2. The van der Waals surface area contributed by atoms with Crippen LogP contribution in [0.5, 0.6) is 0 Å². The number of carbonyl (C=O) groups excluding carboxylic acids is 1. The standard InChI is InChI=1S/C19H18Cl4N2O3S/c20-14-7-6-13(17(23)9-14)11-29(27,28)25-8-2-3-12(10-25)19(26)24-18-15(21)4-1-5-16(18)22/h1,4-7,9,12H,2-3,8,10-11H2,(H,24,26). The molecular weight excluding hydrogens is 478 g/mol. The highest BCUT2D eigenvalue weighted by Crippen LogP contribution is 2.31. The molecule has 2 aromatic rings. The number of rotatable bonds is 5. The van der Waals surface area contributed by atoms with Crippen molar-refractivity contribution < 1.29 is 13.2 Å². The molecule has 29 heavy (non-hydrogen) atoms. The van der Waals surface area contributed by atoms with E-state index in [1.54, 1.807) is 30.3 Å². The fraction of sp³-hybridized carbons (Fsp3) is 0.316. The average Bonchev–Trinajstić information content (AvgIpc) is 2.67. The Kier molecular flexibility index (Phi) is 7.36. The molecule has 0 saturated carbocycles. The van der Waals surface area contributed by atoms with Crippen molar-refractivity contribution in [1.29, 1.82) is 0 Å². The van der Waals surface area contributed by atoms with Crippen molar-refractivity contribution in [2.45, 2.75) is 18.6 Å². The van der Waals surface area contributed by atoms with E-state index in [0.717, 1.165) is 0 Å². The van der Waals surface area contributed by atoms with Crippen molar-refractivity contribution >= 4 is 68.0 Å². The first-order valence-electron chi connectivity index (χ1n) is 8.84. The number of piperidine rings is 1. The molecule has 1 unspecified atom stereocenters. The number of hydrogen-bond donors (Lipinski definition) is 1. The van der Waals surface area contributed by atoms with Crippen LogP contribution in [0.15, 0.2) is 36.4 Å². The average molecular weight is 496 g/mol. The van der Waals surface area contributed by atoms with Gasteiger partial charge in [-0.05, 0) is 42.7 Å². The van der Waals surface area contributed by atoms with Crippen molar-refractivity contribution in [1.82, 2.24) is 4.31 Å². The maximum Gasteiger partial charge on any atom is 0.228 e. The van der Waals surface area contributed by atoms with E-state index in [-0.39, 0.29) is 18.2 Å². The predicted molar refractivity (Wildman–Crippen MR) is 118 cm³/mol. The Hall–Kier alpha value is -1.02. The Morgan fingerprint density at radius 1 is 1.07 bits per heavy atom. The Bertz CT molecular complexity index is 1010. The Morgan fingerprint density at radius 2 is 1.76 bits per heavy atom. The van der Waals surface area contributed by atoms with Crippen LogP contribution in [0, 0.1) is 5.92 Å². The lowest BCUT2D eigenvalue weighted by Crippen LogP contribution is -2.44. The van der Waals surface area contributed by atoms with Gasteiger partial charge in [-0.25, -0.2) is 12.7 Å². The van der Waals surface area contributed by atoms with Crippen LogP contribution in [0.3, 0.4) is 0 Å². The third-order valence-corrected chi connectivity index (χ3v) is 7.72. The second-order valence-electron chi connectivity index (χ2n) is 6.78. The predicted octanol–water partition coefficient (Wildman–Crippen LogP) is 5.48. The molecule has 3 rings (SSSR count). The van der Waals surface area contributed by atoms with E-state index >= 15 is 0 Å². The lowest BCUT2D eigenvalue weighted by atomic mass is 9.98. The highest BCUT2D eigenvalue weighted by Gasteiger charge is 2.33. The summed E-state index contributed by atoms with van der Waals surface area (Å²) < 4.78 is 27.1. The number of anilines is 1. The fourth-order valence-electron chi connectivity index (χ4n) is 3.18. The molecule has 0 spiro atoms. The van der Waals surface area contributed by atoms with E-state index in [0.29, 0.717) is 50.7 Å². The Balaban J connectivity index is 1.71. The van der Waals surface area contributed by atoms with Gasteiger partial charge < -0.3 is 5.32 Å². The minimum atomic E-state index is -3.65. The number of sulfonamides is 1. The van der Waals surface area contributed by atoms with Gasteiger partial charge in [0, 0.05) is 23.1 Å². The zero-order chi connectivity index (χ0) is 21.2. The largest absolute Gasteiger partial charge is 0.323 e. The quantitative estimate of drug-likeness (QED) is 0.597. The smallest absolute Gasteiger partial charge is 0.228 e. The first-order chi connectivity index (χ1) is 13.7. The summed E-state index contributed by atoms with van der Waals surface area (Å²) in [4.78, 5) is 12.7. The van der Waals surface area contributed by atoms with Crippen molar-refractivity contribution in [3.05, 3.63) is 62.1 Å². The third kappa shape index (κ3) is 5.57. The van der Waals surface area contributed by atoms with Gasteiger partial charge in [0.05, 0.1) is 27.4 Å². The summed E-state index contributed by atoms with van der Waals surface area (Å²) in [5.74, 6) is -1.08. The van der Waals surface area contributed by atoms with Crippen LogP contribution in [0.25, 0.3) is 0 Å². The topological polar surface area (TPSA) is 66.5 Å². The number of carbonyl (C=O) groups is 1. The number of para-hydroxylation sites is 1. The van der Waals surface area contributed by atoms with Crippen molar-refractivity contribution in [2.24, 2.45) is 5.92 Å². The van der Waals surface area contributed by atoms with E-state index in [4.69, 9.17) is 46.4 Å².